The van der Waals surface area contributed by atoms with Gasteiger partial charge in [-0.05, 0) is 120 Å². The minimum absolute atomic E-state index is 0.0111. The summed E-state index contributed by atoms with van der Waals surface area (Å²) in [5, 5.41) is 48.3. The highest BCUT2D eigenvalue weighted by Gasteiger charge is 2.41. The minimum atomic E-state index is -1.93. The van der Waals surface area contributed by atoms with Gasteiger partial charge < -0.3 is 119 Å². The number of nitrogens with zero attached hydrogens (tertiary/aromatic N) is 4. The van der Waals surface area contributed by atoms with Crippen molar-refractivity contribution in [3.8, 4) is 5.75 Å². The number of aliphatic imine (C=N–C) groups is 3. The number of primary amides is 1. The molecule has 0 saturated carbocycles. The molecule has 2 aliphatic rings. The number of thioether (sulfide) groups is 1. The highest BCUT2D eigenvalue weighted by atomic mass is 32.2. The number of unbranched alkanes of at least 4 members (excludes halogenated alkanes) is 1. The maximum atomic E-state index is 15.1. The van der Waals surface area contributed by atoms with Gasteiger partial charge in [-0.25, -0.2) is 0 Å². The molecule has 11 atom stereocenters. The molecule has 2 saturated heterocycles. The summed E-state index contributed by atoms with van der Waals surface area (Å²) in [7, 11) is 0. The Kier molecular flexibility index (Phi) is 38.0. The van der Waals surface area contributed by atoms with Crippen molar-refractivity contribution < 1.29 is 77.3 Å². The summed E-state index contributed by atoms with van der Waals surface area (Å²) in [4.78, 5) is 211. The topological polar surface area (TPSA) is 660 Å². The van der Waals surface area contributed by atoms with Gasteiger partial charge in [-0.15, -0.1) is 11.8 Å². The number of nitrogens with one attached hydrogen (secondary N) is 11. The van der Waals surface area contributed by atoms with Crippen LogP contribution in [0.15, 0.2) is 69.6 Å². The summed E-state index contributed by atoms with van der Waals surface area (Å²) in [6, 6.07) is -2.33. The van der Waals surface area contributed by atoms with E-state index >= 15 is 9.59 Å². The van der Waals surface area contributed by atoms with Crippen LogP contribution in [0, 0.1) is 5.92 Å². The van der Waals surface area contributed by atoms with E-state index in [4.69, 9.17) is 45.9 Å². The van der Waals surface area contributed by atoms with Gasteiger partial charge in [0.25, 0.3) is 0 Å². The number of fused-ring (bicyclic) bond motifs is 1. The fraction of sp³-hybridized carbons (Fsp3) is 0.567. The van der Waals surface area contributed by atoms with Crippen LogP contribution in [0.3, 0.4) is 0 Å². The molecule has 0 radical (unpaired) electrons. The molecule has 2 aromatic rings. The Labute approximate surface area is 623 Å². The van der Waals surface area contributed by atoms with Crippen LogP contribution < -0.4 is 104 Å². The van der Waals surface area contributed by atoms with E-state index < -0.39 is 168 Å². The van der Waals surface area contributed by atoms with Crippen molar-refractivity contribution in [2.24, 2.45) is 66.8 Å². The molecule has 2 aliphatic heterocycles. The quantitative estimate of drug-likeness (QED) is 0.0250. The van der Waals surface area contributed by atoms with Crippen LogP contribution in [0.4, 0.5) is 0 Å². The monoisotopic (exact) mass is 1520 g/mol. The Balaban J connectivity index is 1.86. The Bertz CT molecular complexity index is 3470. The number of benzene rings is 2. The number of hydrogen-bond acceptors (Lipinski definition) is 20. The third-order valence-electron chi connectivity index (χ3n) is 16.8. The molecule has 4 rings (SSSR count). The highest BCUT2D eigenvalue weighted by Crippen LogP contribution is 2.22. The van der Waals surface area contributed by atoms with Crippen LogP contribution >= 0.6 is 11.8 Å². The molecule has 0 aliphatic carbocycles. The summed E-state index contributed by atoms with van der Waals surface area (Å²) in [6.07, 6.45) is -1.21. The first-order valence-electron chi connectivity index (χ1n) is 35.1. The molecule has 39 nitrogen and oxygen atoms in total. The SMILES string of the molecule is CC(C)C[C@@H]1NC(=O)[C@H](Cc2ccc(O)cc2)NC(=O)CSC[C@@H](C(N)=O)NC(=O)[C@H](C)NC(=O)CNC(=O)[C@H](CCCN=C(N)N)NC(=O)[C@H](CC(=O)O)NC(=O)[C@H](CCCCN)NC(=O)[C@@H]2CCCN2C(=O)[C@H](CCCN=C(N)N)NC(=O)[C@H](Cc2ccccc2)NC(=O)[C@H](CCCN=C(N)N)NC1=O. The third kappa shape index (κ3) is 32.9. The van der Waals surface area contributed by atoms with Gasteiger partial charge in [0.15, 0.2) is 17.9 Å². The summed E-state index contributed by atoms with van der Waals surface area (Å²) in [5.41, 5.74) is 46.0. The van der Waals surface area contributed by atoms with E-state index in [1.807, 2.05) is 0 Å². The number of aromatic hydroxyl groups is 1. The number of phenols is 1. The molecule has 40 heteroatoms. The fourth-order valence-corrected chi connectivity index (χ4v) is 12.2. The largest absolute Gasteiger partial charge is 0.508 e. The lowest BCUT2D eigenvalue weighted by Gasteiger charge is -2.31. The van der Waals surface area contributed by atoms with Gasteiger partial charge in [0.05, 0.1) is 18.7 Å². The summed E-state index contributed by atoms with van der Waals surface area (Å²) >= 11 is 0.811. The van der Waals surface area contributed by atoms with Gasteiger partial charge in [0, 0.05) is 44.8 Å². The number of carbonyl (C=O) groups is 14. The fourth-order valence-electron chi connectivity index (χ4n) is 11.3. The number of aliphatic carboxylic acids is 1. The zero-order chi connectivity index (χ0) is 79.3. The van der Waals surface area contributed by atoms with Crippen molar-refractivity contribution in [3.05, 3.63) is 65.7 Å². The van der Waals surface area contributed by atoms with Crippen molar-refractivity contribution in [2.75, 3.05) is 50.8 Å². The molecule has 0 spiro atoms. The Morgan fingerprint density at radius 3 is 1.51 bits per heavy atom. The van der Waals surface area contributed by atoms with E-state index in [2.05, 4.69) is 73.5 Å². The molecule has 0 unspecified atom stereocenters. The lowest BCUT2D eigenvalue weighted by molar-refractivity contribution is -0.143. The average molecular weight is 1520 g/mol. The van der Waals surface area contributed by atoms with E-state index in [0.717, 1.165) is 11.8 Å². The number of amides is 13. The molecule has 2 aromatic carbocycles. The zero-order valence-corrected chi connectivity index (χ0v) is 61.1. The van der Waals surface area contributed by atoms with Gasteiger partial charge in [-0.3, -0.25) is 82.1 Å². The predicted molar refractivity (Wildman–Crippen MR) is 396 cm³/mol. The number of rotatable bonds is 25. The van der Waals surface area contributed by atoms with Crippen LogP contribution in [0.2, 0.25) is 0 Å². The first-order chi connectivity index (χ1) is 50.7. The van der Waals surface area contributed by atoms with E-state index in [1.165, 1.54) is 36.1 Å². The van der Waals surface area contributed by atoms with Crippen molar-refractivity contribution in [1.29, 1.82) is 0 Å². The maximum absolute atomic E-state index is 15.1. The smallest absolute Gasteiger partial charge is 0.305 e. The average Bonchev–Trinajstić information content (AvgIpc) is 1.74. The van der Waals surface area contributed by atoms with Crippen LogP contribution in [0.5, 0.6) is 5.75 Å². The molecule has 29 N–H and O–H groups in total. The highest BCUT2D eigenvalue weighted by molar-refractivity contribution is 8.00. The minimum Gasteiger partial charge on any atom is -0.508 e. The Morgan fingerprint density at radius 2 is 0.981 bits per heavy atom. The van der Waals surface area contributed by atoms with Gasteiger partial charge in [0.1, 0.15) is 72.2 Å². The van der Waals surface area contributed by atoms with Gasteiger partial charge >= 0.3 is 5.97 Å². The predicted octanol–water partition coefficient (Wildman–Crippen LogP) is -6.80. The Hall–Kier alpha value is -11.1. The standard InChI is InChI=1S/C67H105N23O16S/c1-36(2)29-45-59(101)83-43(17-10-26-77-66(72)73)58(100)87-47(30-38-13-5-4-6-14-38)61(103)85-44(18-11-27-78-67(74)75)64(106)90-28-12-19-50(90)63(105)84-42(15-7-8-24-68)57(99)88-48(32-53(94)95)62(104)82-41(16-9-25-76-65(70)71)56(98)79-33-51(92)80-37(3)55(97)89-49(54(69)96)34-107-35-52(93)81-46(60(102)86-45)31-39-20-22-40(91)23-21-39/h4-6,13-14,20-23,36-37,41-50,91H,7-12,15-19,24-35,68H2,1-3H3,(H2,69,96)(H,79,98)(H,80,92)(H,81,93)(H,82,104)(H,83,101)(H,84,105)(H,85,103)(H,86,102)(H,87,100)(H,88,99)(H,89,97)(H,94,95)(H4,70,71,76)(H4,72,73,77)(H4,74,75,78)/t37-,41-,42-,43-,44-,45-,46-,47-,48-,49-,50-/m0/s1. The van der Waals surface area contributed by atoms with Crippen LogP contribution in [-0.4, -0.2) is 233 Å². The molecule has 0 bridgehead atoms. The molecular formula is C67H105N23O16S. The van der Waals surface area contributed by atoms with Gasteiger partial charge in [-0.1, -0.05) is 56.3 Å². The number of nitrogens with two attached hydrogens (primary N) is 8. The van der Waals surface area contributed by atoms with E-state index in [0.29, 0.717) is 17.5 Å². The number of carboxylic acids is 1. The number of carbonyl (C=O) groups excluding carboxylic acids is 13. The number of hydrogen-bond donors (Lipinski definition) is 21. The maximum Gasteiger partial charge on any atom is 0.305 e. The zero-order valence-electron chi connectivity index (χ0n) is 60.3. The van der Waals surface area contributed by atoms with Crippen LogP contribution in [-0.2, 0) is 80.0 Å². The van der Waals surface area contributed by atoms with Crippen molar-refractivity contribution >= 4 is 112 Å². The van der Waals surface area contributed by atoms with Crippen molar-refractivity contribution in [2.45, 2.75) is 184 Å². The lowest BCUT2D eigenvalue weighted by Crippen LogP contribution is -2.61. The molecular weight excluding hydrogens is 1410 g/mol. The lowest BCUT2D eigenvalue weighted by atomic mass is 10.00. The summed E-state index contributed by atoms with van der Waals surface area (Å²) in [5.74, 6) is -15.8. The van der Waals surface area contributed by atoms with Gasteiger partial charge in [-0.2, -0.15) is 0 Å². The molecule has 0 aromatic heterocycles. The second kappa shape index (κ2) is 46.0. The summed E-state index contributed by atoms with van der Waals surface area (Å²) < 4.78 is 0. The van der Waals surface area contributed by atoms with Crippen LogP contribution in [0.25, 0.3) is 0 Å². The van der Waals surface area contributed by atoms with Crippen molar-refractivity contribution in [1.82, 2.24) is 63.4 Å². The van der Waals surface area contributed by atoms with E-state index in [9.17, 15) is 67.7 Å². The Morgan fingerprint density at radius 1 is 0.523 bits per heavy atom. The number of guanidine groups is 3. The number of carboxylic acid groups (broad SMARTS) is 1. The molecule has 2 fully saturated rings. The first kappa shape index (κ1) is 88.3. The summed E-state index contributed by atoms with van der Waals surface area (Å²) in [6.45, 7) is 3.89. The number of phenolic OH excluding ortho intramolecular Hbond substituents is 1. The normalized spacial score (nSPS) is 23.6. The van der Waals surface area contributed by atoms with Crippen molar-refractivity contribution in [3.63, 3.8) is 0 Å². The van der Waals surface area contributed by atoms with Gasteiger partial charge in [0.2, 0.25) is 76.8 Å². The van der Waals surface area contributed by atoms with Crippen LogP contribution in [0.1, 0.15) is 115 Å². The molecule has 13 amide bonds. The second-order valence-electron chi connectivity index (χ2n) is 26.1. The first-order valence-corrected chi connectivity index (χ1v) is 36.3. The third-order valence-corrected chi connectivity index (χ3v) is 17.8. The second-order valence-corrected chi connectivity index (χ2v) is 27.2. The molecule has 2 heterocycles. The van der Waals surface area contributed by atoms with E-state index in [-0.39, 0.29) is 151 Å². The molecule has 107 heavy (non-hydrogen) atoms. The van der Waals surface area contributed by atoms with E-state index in [1.54, 1.807) is 44.2 Å². The molecule has 590 valence electrons.